The van der Waals surface area contributed by atoms with Gasteiger partial charge in [-0.25, -0.2) is 26.3 Å². The molecule has 0 bridgehead atoms. The lowest BCUT2D eigenvalue weighted by Gasteiger charge is -2.10. The highest BCUT2D eigenvalue weighted by Gasteiger charge is 2.18. The molecular weight excluding hydrogens is 290 g/mol. The van der Waals surface area contributed by atoms with Crippen LogP contribution in [0.4, 0.5) is 5.69 Å². The van der Waals surface area contributed by atoms with Gasteiger partial charge in [-0.2, -0.15) is 0 Å². The third kappa shape index (κ3) is 4.46. The lowest BCUT2D eigenvalue weighted by Crippen LogP contribution is -2.33. The van der Waals surface area contributed by atoms with Gasteiger partial charge >= 0.3 is 0 Å². The van der Waals surface area contributed by atoms with E-state index in [1.165, 1.54) is 13.1 Å². The first-order valence-corrected chi connectivity index (χ1v) is 8.63. The number of benzene rings is 1. The second kappa shape index (κ2) is 6.33. The molecule has 0 unspecified atom stereocenters. The molecule has 0 aromatic heterocycles. The molecule has 0 atom stereocenters. The molecule has 0 aliphatic heterocycles. The Morgan fingerprint density at radius 3 is 2.26 bits per heavy atom. The monoisotopic (exact) mass is 307 g/mol. The van der Waals surface area contributed by atoms with Crippen LogP contribution in [-0.4, -0.2) is 43.2 Å². The molecule has 1 aromatic rings. The van der Waals surface area contributed by atoms with Gasteiger partial charge in [0.1, 0.15) is 4.90 Å². The van der Waals surface area contributed by atoms with Crippen LogP contribution in [0, 0.1) is 0 Å². The summed E-state index contributed by atoms with van der Waals surface area (Å²) in [6, 6.07) is 6.37. The van der Waals surface area contributed by atoms with E-state index in [9.17, 15) is 16.8 Å². The zero-order chi connectivity index (χ0) is 14.5. The third-order valence-corrected chi connectivity index (χ3v) is 5.30. The van der Waals surface area contributed by atoms with E-state index < -0.39 is 20.0 Å². The molecule has 108 valence electrons. The van der Waals surface area contributed by atoms with E-state index >= 15 is 0 Å². The number of nitrogens with one attached hydrogen (secondary N) is 3. The van der Waals surface area contributed by atoms with Crippen molar-refractivity contribution in [2.24, 2.45) is 0 Å². The molecule has 0 heterocycles. The van der Waals surface area contributed by atoms with Gasteiger partial charge in [0, 0.05) is 13.6 Å². The van der Waals surface area contributed by atoms with E-state index in [1.807, 2.05) is 0 Å². The topological polar surface area (TPSA) is 104 Å². The summed E-state index contributed by atoms with van der Waals surface area (Å²) >= 11 is 0. The Bertz CT molecular complexity index is 626. The number of rotatable bonds is 7. The Morgan fingerprint density at radius 2 is 1.68 bits per heavy atom. The number of anilines is 1. The number of para-hydroxylation sites is 1. The molecule has 0 aliphatic rings. The molecule has 0 spiro atoms. The molecule has 0 aliphatic carbocycles. The van der Waals surface area contributed by atoms with E-state index in [2.05, 4.69) is 14.8 Å². The Kier molecular flexibility index (Phi) is 5.29. The van der Waals surface area contributed by atoms with Crippen molar-refractivity contribution in [3.05, 3.63) is 24.3 Å². The van der Waals surface area contributed by atoms with Crippen molar-refractivity contribution in [1.82, 2.24) is 9.44 Å². The molecule has 0 saturated heterocycles. The fourth-order valence-corrected chi connectivity index (χ4v) is 3.35. The highest BCUT2D eigenvalue weighted by Crippen LogP contribution is 2.19. The fourth-order valence-electron chi connectivity index (χ4n) is 1.40. The summed E-state index contributed by atoms with van der Waals surface area (Å²) in [5, 5.41) is 2.77. The summed E-state index contributed by atoms with van der Waals surface area (Å²) in [5.41, 5.74) is 0.450. The summed E-state index contributed by atoms with van der Waals surface area (Å²) < 4.78 is 50.8. The van der Waals surface area contributed by atoms with Crippen molar-refractivity contribution >= 4 is 25.7 Å². The second-order valence-electron chi connectivity index (χ2n) is 3.67. The summed E-state index contributed by atoms with van der Waals surface area (Å²) in [6.07, 6.45) is 0. The van der Waals surface area contributed by atoms with Crippen molar-refractivity contribution in [2.75, 3.05) is 31.7 Å². The van der Waals surface area contributed by atoms with Crippen molar-refractivity contribution in [3.8, 4) is 0 Å². The van der Waals surface area contributed by atoms with Crippen LogP contribution in [0.25, 0.3) is 0 Å². The third-order valence-electron chi connectivity index (χ3n) is 2.42. The van der Waals surface area contributed by atoms with Gasteiger partial charge in [0.25, 0.3) is 0 Å². The summed E-state index contributed by atoms with van der Waals surface area (Å²) in [4.78, 5) is 0.0827. The minimum atomic E-state index is -3.74. The van der Waals surface area contributed by atoms with Crippen LogP contribution in [0.15, 0.2) is 29.2 Å². The van der Waals surface area contributed by atoms with E-state index in [0.717, 1.165) is 0 Å². The van der Waals surface area contributed by atoms with Crippen molar-refractivity contribution in [3.63, 3.8) is 0 Å². The normalized spacial score (nSPS) is 12.3. The predicted octanol–water partition coefficient (Wildman–Crippen LogP) is -0.444. The van der Waals surface area contributed by atoms with Crippen LogP contribution < -0.4 is 14.8 Å². The maximum absolute atomic E-state index is 12.0. The Labute approximate surface area is 113 Å². The van der Waals surface area contributed by atoms with Gasteiger partial charge in [-0.3, -0.25) is 0 Å². The number of sulfonamides is 2. The molecule has 1 aromatic carbocycles. The van der Waals surface area contributed by atoms with Gasteiger partial charge in [-0.1, -0.05) is 12.1 Å². The fraction of sp³-hybridized carbons (Fsp3) is 0.400. The first kappa shape index (κ1) is 15.9. The van der Waals surface area contributed by atoms with Crippen LogP contribution in [0.1, 0.15) is 0 Å². The van der Waals surface area contributed by atoms with Gasteiger partial charge in [0.2, 0.25) is 20.0 Å². The van der Waals surface area contributed by atoms with Crippen molar-refractivity contribution in [1.29, 1.82) is 0 Å². The predicted molar refractivity (Wildman–Crippen MR) is 74.0 cm³/mol. The zero-order valence-corrected chi connectivity index (χ0v) is 12.3. The van der Waals surface area contributed by atoms with Gasteiger partial charge in [-0.05, 0) is 19.2 Å². The highest BCUT2D eigenvalue weighted by atomic mass is 32.2. The van der Waals surface area contributed by atoms with Gasteiger partial charge in [0.15, 0.2) is 0 Å². The standard InChI is InChI=1S/C10H17N3O4S2/c1-11-9-5-3-4-6-10(9)19(16,17)13-7-8-18(14,15)12-2/h3-6,11-13H,7-8H2,1-2H3. The second-order valence-corrected chi connectivity index (χ2v) is 7.45. The van der Waals surface area contributed by atoms with Crippen LogP contribution in [0.5, 0.6) is 0 Å². The van der Waals surface area contributed by atoms with Crippen LogP contribution in [0.3, 0.4) is 0 Å². The zero-order valence-electron chi connectivity index (χ0n) is 10.7. The van der Waals surface area contributed by atoms with Gasteiger partial charge in [-0.15, -0.1) is 0 Å². The smallest absolute Gasteiger partial charge is 0.242 e. The SMILES string of the molecule is CNc1ccccc1S(=O)(=O)NCCS(=O)(=O)NC. The molecule has 19 heavy (non-hydrogen) atoms. The van der Waals surface area contributed by atoms with Crippen molar-refractivity contribution in [2.45, 2.75) is 4.90 Å². The molecule has 0 saturated carbocycles. The largest absolute Gasteiger partial charge is 0.387 e. The molecule has 0 fully saturated rings. The van der Waals surface area contributed by atoms with Crippen LogP contribution in [-0.2, 0) is 20.0 Å². The highest BCUT2D eigenvalue weighted by molar-refractivity contribution is 7.90. The number of hydrogen-bond donors (Lipinski definition) is 3. The first-order valence-electron chi connectivity index (χ1n) is 5.50. The average molecular weight is 307 g/mol. The van der Waals surface area contributed by atoms with Crippen LogP contribution >= 0.6 is 0 Å². The van der Waals surface area contributed by atoms with E-state index in [0.29, 0.717) is 5.69 Å². The van der Waals surface area contributed by atoms with E-state index in [-0.39, 0.29) is 17.2 Å². The van der Waals surface area contributed by atoms with Crippen LogP contribution in [0.2, 0.25) is 0 Å². The van der Waals surface area contributed by atoms with Gasteiger partial charge in [0.05, 0.1) is 11.4 Å². The molecule has 3 N–H and O–H groups in total. The van der Waals surface area contributed by atoms with Gasteiger partial charge < -0.3 is 5.32 Å². The lowest BCUT2D eigenvalue weighted by atomic mass is 10.3. The Hall–Kier alpha value is -1.16. The Balaban J connectivity index is 2.82. The van der Waals surface area contributed by atoms with E-state index in [4.69, 9.17) is 0 Å². The maximum Gasteiger partial charge on any atom is 0.242 e. The molecular formula is C10H17N3O4S2. The minimum absolute atomic E-state index is 0.0827. The molecule has 1 rings (SSSR count). The first-order chi connectivity index (χ1) is 8.82. The number of hydrogen-bond acceptors (Lipinski definition) is 5. The van der Waals surface area contributed by atoms with E-state index in [1.54, 1.807) is 25.2 Å². The minimum Gasteiger partial charge on any atom is -0.387 e. The lowest BCUT2D eigenvalue weighted by molar-refractivity contribution is 0.579. The molecule has 0 radical (unpaired) electrons. The average Bonchev–Trinajstić information content (AvgIpc) is 2.38. The van der Waals surface area contributed by atoms with Crippen molar-refractivity contribution < 1.29 is 16.8 Å². The maximum atomic E-state index is 12.0. The summed E-state index contributed by atoms with van der Waals surface area (Å²) in [7, 11) is -4.28. The summed E-state index contributed by atoms with van der Waals surface area (Å²) in [5.74, 6) is -0.315. The molecule has 0 amide bonds. The quantitative estimate of drug-likeness (QED) is 0.633. The molecule has 7 nitrogen and oxygen atoms in total. The Morgan fingerprint density at radius 1 is 1.05 bits per heavy atom. The molecule has 9 heteroatoms. The summed E-state index contributed by atoms with van der Waals surface area (Å²) in [6.45, 7) is -0.191.